The molecule has 0 aliphatic carbocycles. The van der Waals surface area contributed by atoms with Crippen LogP contribution in [-0.2, 0) is 7.05 Å². The summed E-state index contributed by atoms with van der Waals surface area (Å²) in [7, 11) is 1.91. The van der Waals surface area contributed by atoms with Crippen LogP contribution in [0.5, 0.6) is 0 Å². The van der Waals surface area contributed by atoms with Crippen LogP contribution in [0.3, 0.4) is 0 Å². The molecule has 3 heterocycles. The number of anilines is 1. The van der Waals surface area contributed by atoms with Crippen LogP contribution in [-0.4, -0.2) is 37.7 Å². The molecule has 1 aliphatic rings. The van der Waals surface area contributed by atoms with Crippen LogP contribution in [0.25, 0.3) is 0 Å². The lowest BCUT2D eigenvalue weighted by atomic mass is 9.91. The van der Waals surface area contributed by atoms with E-state index >= 15 is 0 Å². The zero-order valence-electron chi connectivity index (χ0n) is 11.9. The van der Waals surface area contributed by atoms with E-state index in [1.54, 1.807) is 12.4 Å². The molecule has 3 rings (SSSR count). The summed E-state index contributed by atoms with van der Waals surface area (Å²) in [6.45, 7) is 1.67. The van der Waals surface area contributed by atoms with Crippen molar-refractivity contribution in [3.63, 3.8) is 0 Å². The molecule has 0 amide bonds. The third kappa shape index (κ3) is 3.01. The number of hydrogen-bond donors (Lipinski definition) is 1. The zero-order valence-corrected chi connectivity index (χ0v) is 12.6. The molecule has 21 heavy (non-hydrogen) atoms. The molecule has 1 fully saturated rings. The fourth-order valence-corrected chi connectivity index (χ4v) is 2.95. The van der Waals surface area contributed by atoms with Gasteiger partial charge in [0.2, 0.25) is 0 Å². The van der Waals surface area contributed by atoms with E-state index in [4.69, 9.17) is 11.6 Å². The van der Waals surface area contributed by atoms with Gasteiger partial charge in [-0.2, -0.15) is 0 Å². The molecule has 0 radical (unpaired) electrons. The van der Waals surface area contributed by atoms with Gasteiger partial charge in [-0.25, -0.2) is 9.97 Å². The van der Waals surface area contributed by atoms with Crippen LogP contribution < -0.4 is 4.90 Å². The first kappa shape index (κ1) is 14.3. The van der Waals surface area contributed by atoms with Crippen LogP contribution in [0.15, 0.2) is 24.8 Å². The van der Waals surface area contributed by atoms with E-state index in [9.17, 15) is 5.11 Å². The van der Waals surface area contributed by atoms with Crippen molar-refractivity contribution in [1.82, 2.24) is 19.5 Å². The second-order valence-corrected chi connectivity index (χ2v) is 5.75. The third-order valence-corrected chi connectivity index (χ3v) is 4.21. The molecule has 1 atom stereocenters. The maximum Gasteiger partial charge on any atom is 0.149 e. The van der Waals surface area contributed by atoms with Crippen molar-refractivity contribution in [2.24, 2.45) is 13.0 Å². The highest BCUT2D eigenvalue weighted by Crippen LogP contribution is 2.31. The molecule has 1 unspecified atom stereocenters. The summed E-state index contributed by atoms with van der Waals surface area (Å²) in [5.41, 5.74) is 0. The Morgan fingerprint density at radius 2 is 2.10 bits per heavy atom. The highest BCUT2D eigenvalue weighted by molar-refractivity contribution is 6.29. The summed E-state index contributed by atoms with van der Waals surface area (Å²) in [5, 5.41) is 10.9. The maximum atomic E-state index is 10.5. The maximum absolute atomic E-state index is 10.5. The summed E-state index contributed by atoms with van der Waals surface area (Å²) in [4.78, 5) is 14.7. The Balaban J connectivity index is 1.64. The first-order valence-electron chi connectivity index (χ1n) is 7.03. The van der Waals surface area contributed by atoms with E-state index in [1.807, 2.05) is 17.8 Å². The molecule has 2 aromatic rings. The SMILES string of the molecule is Cn1ccnc1C(O)C1CCN(c2cncc(Cl)n2)CC1. The summed E-state index contributed by atoms with van der Waals surface area (Å²) >= 11 is 5.88. The Hall–Kier alpha value is -1.66. The van der Waals surface area contributed by atoms with Gasteiger partial charge >= 0.3 is 0 Å². The Morgan fingerprint density at radius 3 is 2.71 bits per heavy atom. The van der Waals surface area contributed by atoms with Gasteiger partial charge in [-0.15, -0.1) is 0 Å². The van der Waals surface area contributed by atoms with Crippen molar-refractivity contribution in [2.45, 2.75) is 18.9 Å². The largest absolute Gasteiger partial charge is 0.385 e. The lowest BCUT2D eigenvalue weighted by Gasteiger charge is -2.34. The van der Waals surface area contributed by atoms with Crippen molar-refractivity contribution in [2.75, 3.05) is 18.0 Å². The van der Waals surface area contributed by atoms with E-state index in [1.165, 1.54) is 6.20 Å². The summed E-state index contributed by atoms with van der Waals surface area (Å²) in [5.74, 6) is 1.75. The molecule has 0 saturated carbocycles. The van der Waals surface area contributed by atoms with Crippen LogP contribution in [0.1, 0.15) is 24.8 Å². The number of nitrogens with zero attached hydrogens (tertiary/aromatic N) is 5. The number of aryl methyl sites for hydroxylation is 1. The number of halogens is 1. The number of hydrogen-bond acceptors (Lipinski definition) is 5. The Labute approximate surface area is 128 Å². The molecule has 2 aromatic heterocycles. The smallest absolute Gasteiger partial charge is 0.149 e. The first-order chi connectivity index (χ1) is 10.1. The van der Waals surface area contributed by atoms with Crippen molar-refractivity contribution < 1.29 is 5.11 Å². The monoisotopic (exact) mass is 307 g/mol. The number of piperidine rings is 1. The number of aliphatic hydroxyl groups excluding tert-OH is 1. The quantitative estimate of drug-likeness (QED) is 0.937. The molecule has 0 bridgehead atoms. The number of aliphatic hydroxyl groups is 1. The summed E-state index contributed by atoms with van der Waals surface area (Å²) in [6, 6.07) is 0. The van der Waals surface area contributed by atoms with E-state index in [0.29, 0.717) is 5.15 Å². The van der Waals surface area contributed by atoms with Crippen LogP contribution in [0, 0.1) is 5.92 Å². The fraction of sp³-hybridized carbons (Fsp3) is 0.500. The van der Waals surface area contributed by atoms with Crippen molar-refractivity contribution in [3.05, 3.63) is 35.8 Å². The first-order valence-corrected chi connectivity index (χ1v) is 7.40. The Morgan fingerprint density at radius 1 is 1.33 bits per heavy atom. The molecular formula is C14H18ClN5O. The average Bonchev–Trinajstić information content (AvgIpc) is 2.93. The predicted octanol–water partition coefficient (Wildman–Crippen LogP) is 1.81. The van der Waals surface area contributed by atoms with Gasteiger partial charge in [0.05, 0.1) is 12.4 Å². The number of imidazole rings is 1. The second kappa shape index (κ2) is 5.99. The number of rotatable bonds is 3. The molecule has 1 N–H and O–H groups in total. The standard InChI is InChI=1S/C14H18ClN5O/c1-19-7-4-17-14(19)13(21)10-2-5-20(6-3-10)12-9-16-8-11(15)18-12/h4,7-10,13,21H,2-3,5-6H2,1H3. The van der Waals surface area contributed by atoms with Crippen molar-refractivity contribution in [3.8, 4) is 0 Å². The van der Waals surface area contributed by atoms with Gasteiger partial charge in [-0.05, 0) is 18.8 Å². The molecule has 0 aromatic carbocycles. The van der Waals surface area contributed by atoms with Crippen molar-refractivity contribution >= 4 is 17.4 Å². The highest BCUT2D eigenvalue weighted by atomic mass is 35.5. The minimum absolute atomic E-state index is 0.217. The Kier molecular flexibility index (Phi) is 4.07. The normalized spacial score (nSPS) is 18.0. The molecule has 1 aliphatic heterocycles. The lowest BCUT2D eigenvalue weighted by molar-refractivity contribution is 0.0824. The lowest BCUT2D eigenvalue weighted by Crippen LogP contribution is -2.36. The van der Waals surface area contributed by atoms with E-state index in [2.05, 4.69) is 19.9 Å². The molecular weight excluding hydrogens is 290 g/mol. The molecule has 6 nitrogen and oxygen atoms in total. The van der Waals surface area contributed by atoms with Crippen LogP contribution >= 0.6 is 11.6 Å². The fourth-order valence-electron chi connectivity index (χ4n) is 2.80. The topological polar surface area (TPSA) is 67.1 Å². The van der Waals surface area contributed by atoms with Gasteiger partial charge in [0.25, 0.3) is 0 Å². The van der Waals surface area contributed by atoms with Gasteiger partial charge in [-0.1, -0.05) is 11.6 Å². The molecule has 112 valence electrons. The minimum atomic E-state index is -0.516. The molecule has 7 heteroatoms. The minimum Gasteiger partial charge on any atom is -0.385 e. The molecule has 1 saturated heterocycles. The van der Waals surface area contributed by atoms with Gasteiger partial charge < -0.3 is 14.6 Å². The van der Waals surface area contributed by atoms with Gasteiger partial charge in [0.1, 0.15) is 22.9 Å². The van der Waals surface area contributed by atoms with E-state index in [0.717, 1.165) is 37.6 Å². The van der Waals surface area contributed by atoms with Gasteiger partial charge in [-0.3, -0.25) is 4.98 Å². The van der Waals surface area contributed by atoms with Crippen molar-refractivity contribution in [1.29, 1.82) is 0 Å². The number of aromatic nitrogens is 4. The predicted molar refractivity (Wildman–Crippen MR) is 80.1 cm³/mol. The second-order valence-electron chi connectivity index (χ2n) is 5.37. The van der Waals surface area contributed by atoms with Crippen LogP contribution in [0.2, 0.25) is 5.15 Å². The van der Waals surface area contributed by atoms with Gasteiger partial charge in [0.15, 0.2) is 0 Å². The summed E-state index contributed by atoms with van der Waals surface area (Å²) in [6.07, 6.45) is 8.09. The van der Waals surface area contributed by atoms with E-state index < -0.39 is 6.10 Å². The average molecular weight is 308 g/mol. The highest BCUT2D eigenvalue weighted by Gasteiger charge is 2.28. The third-order valence-electron chi connectivity index (χ3n) is 4.03. The Bertz CT molecular complexity index is 609. The summed E-state index contributed by atoms with van der Waals surface area (Å²) < 4.78 is 1.87. The van der Waals surface area contributed by atoms with E-state index in [-0.39, 0.29) is 5.92 Å². The molecule has 0 spiro atoms. The van der Waals surface area contributed by atoms with Gasteiger partial charge in [0, 0.05) is 32.5 Å². The van der Waals surface area contributed by atoms with Crippen LogP contribution in [0.4, 0.5) is 5.82 Å². The zero-order chi connectivity index (χ0) is 14.8.